The third-order valence-electron chi connectivity index (χ3n) is 4.94. The Morgan fingerprint density at radius 2 is 2.12 bits per heavy atom. The van der Waals surface area contributed by atoms with Crippen molar-refractivity contribution in [1.82, 2.24) is 14.5 Å². The third-order valence-corrected chi connectivity index (χ3v) is 4.94. The van der Waals surface area contributed by atoms with Gasteiger partial charge in [-0.25, -0.2) is 4.98 Å². The predicted octanol–water partition coefficient (Wildman–Crippen LogP) is 3.60. The molecule has 2 aromatic rings. The number of aromatic nitrogens is 2. The summed E-state index contributed by atoms with van der Waals surface area (Å²) in [5, 5.41) is 9.94. The van der Waals surface area contributed by atoms with E-state index in [1.165, 1.54) is 6.42 Å². The van der Waals surface area contributed by atoms with E-state index in [1.54, 1.807) is 6.20 Å². The molecule has 1 aliphatic heterocycles. The summed E-state index contributed by atoms with van der Waals surface area (Å²) in [6, 6.07) is 6.18. The van der Waals surface area contributed by atoms with Gasteiger partial charge in [-0.2, -0.15) is 5.26 Å². The van der Waals surface area contributed by atoms with Gasteiger partial charge in [0.2, 0.25) is 0 Å². The predicted molar refractivity (Wildman–Crippen MR) is 96.6 cm³/mol. The largest absolute Gasteiger partial charge is 0.339 e. The number of amides is 1. The Bertz CT molecular complexity index is 909. The maximum Gasteiger partial charge on any atom is 0.255 e. The van der Waals surface area contributed by atoms with Crippen molar-refractivity contribution in [2.45, 2.75) is 25.7 Å². The summed E-state index contributed by atoms with van der Waals surface area (Å²) in [5.41, 5.74) is 2.51. The van der Waals surface area contributed by atoms with Gasteiger partial charge >= 0.3 is 0 Å². The van der Waals surface area contributed by atoms with Crippen molar-refractivity contribution in [2.24, 2.45) is 5.92 Å². The van der Waals surface area contributed by atoms with E-state index in [9.17, 15) is 4.79 Å². The molecule has 4 rings (SSSR count). The van der Waals surface area contributed by atoms with Gasteiger partial charge in [0, 0.05) is 36.6 Å². The Morgan fingerprint density at radius 3 is 2.84 bits per heavy atom. The van der Waals surface area contributed by atoms with Crippen LogP contribution < -0.4 is 0 Å². The van der Waals surface area contributed by atoms with E-state index >= 15 is 0 Å². The summed E-state index contributed by atoms with van der Waals surface area (Å²) in [7, 11) is 0. The van der Waals surface area contributed by atoms with Gasteiger partial charge in [0.25, 0.3) is 5.91 Å². The summed E-state index contributed by atoms with van der Waals surface area (Å²) in [6.07, 6.45) is 13.7. The highest BCUT2D eigenvalue weighted by Crippen LogP contribution is 2.25. The van der Waals surface area contributed by atoms with E-state index in [4.69, 9.17) is 5.26 Å². The number of rotatable bonds is 2. The summed E-state index contributed by atoms with van der Waals surface area (Å²) >= 11 is 0. The Balaban J connectivity index is 1.61. The molecular formula is C20H20N4O. The molecule has 0 N–H and O–H groups in total. The molecular weight excluding hydrogens is 312 g/mol. The normalized spacial score (nSPS) is 20.4. The van der Waals surface area contributed by atoms with Crippen LogP contribution in [0.1, 0.15) is 36.0 Å². The molecule has 0 bridgehead atoms. The summed E-state index contributed by atoms with van der Waals surface area (Å²) in [4.78, 5) is 19.1. The number of piperidine rings is 1. The zero-order chi connectivity index (χ0) is 17.2. The first kappa shape index (κ1) is 15.6. The molecule has 3 heterocycles. The second-order valence-corrected chi connectivity index (χ2v) is 6.63. The lowest BCUT2D eigenvalue weighted by molar-refractivity contribution is 0.0724. The molecule has 1 saturated heterocycles. The quantitative estimate of drug-likeness (QED) is 0.844. The lowest BCUT2D eigenvalue weighted by Crippen LogP contribution is -2.35. The molecule has 25 heavy (non-hydrogen) atoms. The number of nitriles is 1. The van der Waals surface area contributed by atoms with Crippen molar-refractivity contribution < 1.29 is 4.79 Å². The van der Waals surface area contributed by atoms with Gasteiger partial charge in [-0.3, -0.25) is 4.79 Å². The van der Waals surface area contributed by atoms with E-state index in [-0.39, 0.29) is 11.8 Å². The van der Waals surface area contributed by atoms with Crippen LogP contribution in [0.5, 0.6) is 0 Å². The van der Waals surface area contributed by atoms with Gasteiger partial charge in [-0.15, -0.1) is 0 Å². The average Bonchev–Trinajstić information content (AvgIpc) is 3.11. The molecule has 1 fully saturated rings. The Hall–Kier alpha value is -2.87. The van der Waals surface area contributed by atoms with Crippen molar-refractivity contribution in [3.8, 4) is 6.07 Å². The van der Waals surface area contributed by atoms with E-state index in [2.05, 4.69) is 17.1 Å². The summed E-state index contributed by atoms with van der Waals surface area (Å²) in [6.45, 7) is 1.69. The van der Waals surface area contributed by atoms with Gasteiger partial charge in [0.1, 0.15) is 5.65 Å². The first-order chi connectivity index (χ1) is 12.3. The molecule has 126 valence electrons. The molecule has 1 amide bonds. The Morgan fingerprint density at radius 1 is 1.28 bits per heavy atom. The molecule has 1 unspecified atom stereocenters. The number of carbonyl (C=O) groups is 1. The monoisotopic (exact) mass is 332 g/mol. The molecule has 0 aromatic carbocycles. The molecule has 0 radical (unpaired) electrons. The lowest BCUT2D eigenvalue weighted by Gasteiger charge is -2.26. The minimum Gasteiger partial charge on any atom is -0.339 e. The van der Waals surface area contributed by atoms with Crippen LogP contribution >= 0.6 is 0 Å². The van der Waals surface area contributed by atoms with Crippen molar-refractivity contribution in [3.63, 3.8) is 0 Å². The zero-order valence-electron chi connectivity index (χ0n) is 14.1. The maximum absolute atomic E-state index is 12.6. The minimum absolute atomic E-state index is 0.0488. The van der Waals surface area contributed by atoms with Crippen molar-refractivity contribution >= 4 is 22.6 Å². The third kappa shape index (κ3) is 2.96. The van der Waals surface area contributed by atoms with Crippen LogP contribution in [-0.2, 0) is 0 Å². The Labute approximate surface area is 146 Å². The van der Waals surface area contributed by atoms with Crippen molar-refractivity contribution in [1.29, 1.82) is 5.26 Å². The van der Waals surface area contributed by atoms with Crippen LogP contribution in [0.3, 0.4) is 0 Å². The number of allylic oxidation sites excluding steroid dienone is 4. The zero-order valence-corrected chi connectivity index (χ0v) is 14.1. The molecule has 1 atom stereocenters. The maximum atomic E-state index is 12.6. The van der Waals surface area contributed by atoms with Gasteiger partial charge in [0.05, 0.1) is 17.6 Å². The minimum atomic E-state index is -0.0488. The fraction of sp³-hybridized carbons (Fsp3) is 0.350. The fourth-order valence-corrected chi connectivity index (χ4v) is 3.51. The number of carbonyl (C=O) groups excluding carboxylic acids is 1. The van der Waals surface area contributed by atoms with E-state index in [1.807, 2.05) is 39.9 Å². The molecule has 5 heteroatoms. The summed E-state index contributed by atoms with van der Waals surface area (Å²) in [5.74, 6) is 0.0304. The Kier molecular flexibility index (Phi) is 4.10. The number of nitrogens with zero attached hydrogens (tertiary/aromatic N) is 4. The molecule has 2 aromatic heterocycles. The van der Waals surface area contributed by atoms with Crippen LogP contribution in [0.25, 0.3) is 16.7 Å². The SMILES string of the molecule is N#CC1C=CC(n2ccc3cc(C(=O)N4CCCCC4)cnc32)=CC1. The average molecular weight is 332 g/mol. The van der Waals surface area contributed by atoms with E-state index in [0.717, 1.165) is 42.7 Å². The fourth-order valence-electron chi connectivity index (χ4n) is 3.51. The first-order valence-electron chi connectivity index (χ1n) is 8.81. The highest BCUT2D eigenvalue weighted by atomic mass is 16.2. The highest BCUT2D eigenvalue weighted by Gasteiger charge is 2.19. The van der Waals surface area contributed by atoms with Crippen LogP contribution in [0.4, 0.5) is 0 Å². The number of hydrogen-bond donors (Lipinski definition) is 0. The molecule has 0 saturated carbocycles. The number of pyridine rings is 1. The molecule has 2 aliphatic rings. The van der Waals surface area contributed by atoms with Crippen molar-refractivity contribution in [2.75, 3.05) is 13.1 Å². The smallest absolute Gasteiger partial charge is 0.255 e. The first-order valence-corrected chi connectivity index (χ1v) is 8.81. The van der Waals surface area contributed by atoms with Gasteiger partial charge in [-0.05, 0) is 43.9 Å². The molecule has 0 spiro atoms. The molecule has 5 nitrogen and oxygen atoms in total. The van der Waals surface area contributed by atoms with E-state index < -0.39 is 0 Å². The standard InChI is InChI=1S/C20H20N4O/c21-13-15-4-6-18(7-5-15)24-11-8-16-12-17(14-22-19(16)24)20(25)23-9-2-1-3-10-23/h4,6-8,11-12,14-15H,1-3,5,9-10H2. The number of likely N-dealkylation sites (tertiary alicyclic amines) is 1. The summed E-state index contributed by atoms with van der Waals surface area (Å²) < 4.78 is 2.01. The topological polar surface area (TPSA) is 61.9 Å². The second kappa shape index (κ2) is 6.56. The second-order valence-electron chi connectivity index (χ2n) is 6.63. The number of hydrogen-bond acceptors (Lipinski definition) is 3. The van der Waals surface area contributed by atoms with Crippen LogP contribution in [-0.4, -0.2) is 33.4 Å². The van der Waals surface area contributed by atoms with Crippen LogP contribution in [0.15, 0.2) is 42.8 Å². The lowest BCUT2D eigenvalue weighted by atomic mass is 10.0. The molecule has 1 aliphatic carbocycles. The van der Waals surface area contributed by atoms with Gasteiger partial charge in [-0.1, -0.05) is 12.2 Å². The van der Waals surface area contributed by atoms with Gasteiger partial charge < -0.3 is 9.47 Å². The van der Waals surface area contributed by atoms with E-state index in [0.29, 0.717) is 12.0 Å². The van der Waals surface area contributed by atoms with Crippen LogP contribution in [0.2, 0.25) is 0 Å². The highest BCUT2D eigenvalue weighted by molar-refractivity contribution is 5.97. The number of fused-ring (bicyclic) bond motifs is 1. The van der Waals surface area contributed by atoms with Gasteiger partial charge in [0.15, 0.2) is 0 Å². The van der Waals surface area contributed by atoms with Crippen molar-refractivity contribution in [3.05, 3.63) is 48.3 Å². The van der Waals surface area contributed by atoms with Crippen LogP contribution in [0, 0.1) is 17.2 Å².